The standard InChI is InChI=1S/C14H19BrN2O2/c1-2-6-14(7-8-14)10-16-9-11-4-3-5-12(13(11)15)17(18)19/h3-5,16H,2,6-10H2,1H3. The van der Waals surface area contributed by atoms with E-state index in [4.69, 9.17) is 0 Å². The van der Waals surface area contributed by atoms with E-state index < -0.39 is 0 Å². The molecule has 1 aliphatic rings. The molecule has 19 heavy (non-hydrogen) atoms. The van der Waals surface area contributed by atoms with Crippen molar-refractivity contribution in [2.75, 3.05) is 6.54 Å². The fraction of sp³-hybridized carbons (Fsp3) is 0.571. The average Bonchev–Trinajstić information content (AvgIpc) is 3.11. The molecule has 0 bridgehead atoms. The molecule has 0 amide bonds. The lowest BCUT2D eigenvalue weighted by Crippen LogP contribution is -2.23. The average molecular weight is 327 g/mol. The molecule has 0 heterocycles. The molecule has 2 rings (SSSR count). The van der Waals surface area contributed by atoms with Gasteiger partial charge in [-0.3, -0.25) is 10.1 Å². The van der Waals surface area contributed by atoms with Crippen molar-refractivity contribution in [1.82, 2.24) is 5.32 Å². The zero-order chi connectivity index (χ0) is 13.9. The lowest BCUT2D eigenvalue weighted by Gasteiger charge is -2.15. The number of nitro groups is 1. The maximum Gasteiger partial charge on any atom is 0.283 e. The quantitative estimate of drug-likeness (QED) is 0.608. The Hall–Kier alpha value is -0.940. The second-order valence-corrected chi connectivity index (χ2v) is 6.15. The minimum atomic E-state index is -0.354. The highest BCUT2D eigenvalue weighted by molar-refractivity contribution is 9.10. The van der Waals surface area contributed by atoms with Crippen LogP contribution in [-0.2, 0) is 6.54 Å². The van der Waals surface area contributed by atoms with Crippen LogP contribution in [0.15, 0.2) is 22.7 Å². The summed E-state index contributed by atoms with van der Waals surface area (Å²) >= 11 is 3.33. The summed E-state index contributed by atoms with van der Waals surface area (Å²) in [5, 5.41) is 14.3. The molecule has 0 spiro atoms. The van der Waals surface area contributed by atoms with Gasteiger partial charge in [0.2, 0.25) is 0 Å². The monoisotopic (exact) mass is 326 g/mol. The van der Waals surface area contributed by atoms with Crippen LogP contribution in [0.25, 0.3) is 0 Å². The Morgan fingerprint density at radius 3 is 2.79 bits per heavy atom. The van der Waals surface area contributed by atoms with Crippen molar-refractivity contribution in [3.05, 3.63) is 38.3 Å². The van der Waals surface area contributed by atoms with Crippen molar-refractivity contribution in [1.29, 1.82) is 0 Å². The lowest BCUT2D eigenvalue weighted by atomic mass is 10.0. The number of nitro benzene ring substituents is 1. The fourth-order valence-electron chi connectivity index (χ4n) is 2.53. The van der Waals surface area contributed by atoms with Gasteiger partial charge in [0.25, 0.3) is 5.69 Å². The van der Waals surface area contributed by atoms with Crippen LogP contribution in [0, 0.1) is 15.5 Å². The summed E-state index contributed by atoms with van der Waals surface area (Å²) in [6.45, 7) is 3.90. The minimum Gasteiger partial charge on any atom is -0.312 e. The zero-order valence-electron chi connectivity index (χ0n) is 11.1. The van der Waals surface area contributed by atoms with Gasteiger partial charge in [-0.25, -0.2) is 0 Å². The molecule has 0 saturated heterocycles. The first-order chi connectivity index (χ1) is 9.08. The predicted molar refractivity (Wildman–Crippen MR) is 79.1 cm³/mol. The van der Waals surface area contributed by atoms with Gasteiger partial charge in [0.1, 0.15) is 0 Å². The van der Waals surface area contributed by atoms with E-state index in [1.807, 2.05) is 6.07 Å². The van der Waals surface area contributed by atoms with Gasteiger partial charge in [0.15, 0.2) is 0 Å². The second kappa shape index (κ2) is 6.01. The molecule has 0 aliphatic heterocycles. The van der Waals surface area contributed by atoms with Gasteiger partial charge < -0.3 is 5.32 Å². The maximum absolute atomic E-state index is 10.9. The van der Waals surface area contributed by atoms with Gasteiger partial charge in [0.05, 0.1) is 9.40 Å². The summed E-state index contributed by atoms with van der Waals surface area (Å²) in [7, 11) is 0. The molecule has 0 unspecified atom stereocenters. The Balaban J connectivity index is 1.93. The van der Waals surface area contributed by atoms with E-state index in [0.29, 0.717) is 16.4 Å². The van der Waals surface area contributed by atoms with E-state index in [1.165, 1.54) is 31.7 Å². The molecule has 4 nitrogen and oxygen atoms in total. The van der Waals surface area contributed by atoms with E-state index in [9.17, 15) is 10.1 Å². The number of halogens is 1. The number of nitrogens with zero attached hydrogens (tertiary/aromatic N) is 1. The number of hydrogen-bond acceptors (Lipinski definition) is 3. The first kappa shape index (κ1) is 14.5. The molecule has 0 radical (unpaired) electrons. The van der Waals surface area contributed by atoms with Crippen LogP contribution < -0.4 is 5.32 Å². The number of benzene rings is 1. The Labute approximate surface area is 121 Å². The van der Waals surface area contributed by atoms with Crippen molar-refractivity contribution >= 4 is 21.6 Å². The Morgan fingerprint density at radius 1 is 1.47 bits per heavy atom. The molecular formula is C14H19BrN2O2. The molecule has 0 atom stereocenters. The van der Waals surface area contributed by atoms with Crippen molar-refractivity contribution in [3.8, 4) is 0 Å². The molecular weight excluding hydrogens is 308 g/mol. The summed E-state index contributed by atoms with van der Waals surface area (Å²) in [4.78, 5) is 10.5. The van der Waals surface area contributed by atoms with Crippen LogP contribution in [0.2, 0.25) is 0 Å². The number of nitrogens with one attached hydrogen (secondary N) is 1. The molecule has 1 saturated carbocycles. The highest BCUT2D eigenvalue weighted by Crippen LogP contribution is 2.49. The summed E-state index contributed by atoms with van der Waals surface area (Å²) in [5.74, 6) is 0. The van der Waals surface area contributed by atoms with Gasteiger partial charge in [-0.2, -0.15) is 0 Å². The van der Waals surface area contributed by atoms with Gasteiger partial charge in [0, 0.05) is 19.2 Å². The number of hydrogen-bond donors (Lipinski definition) is 1. The highest BCUT2D eigenvalue weighted by Gasteiger charge is 2.40. The summed E-state index contributed by atoms with van der Waals surface area (Å²) in [6.07, 6.45) is 5.12. The Morgan fingerprint density at radius 2 is 2.21 bits per heavy atom. The Kier molecular flexibility index (Phi) is 4.58. The zero-order valence-corrected chi connectivity index (χ0v) is 12.7. The second-order valence-electron chi connectivity index (χ2n) is 5.36. The van der Waals surface area contributed by atoms with E-state index in [1.54, 1.807) is 6.07 Å². The predicted octanol–water partition coefficient (Wildman–Crippen LogP) is 4.03. The van der Waals surface area contributed by atoms with Crippen LogP contribution in [0.5, 0.6) is 0 Å². The molecule has 1 aliphatic carbocycles. The normalized spacial score (nSPS) is 16.3. The summed E-state index contributed by atoms with van der Waals surface area (Å²) in [5.41, 5.74) is 1.58. The van der Waals surface area contributed by atoms with Crippen LogP contribution in [0.4, 0.5) is 5.69 Å². The van der Waals surface area contributed by atoms with Crippen LogP contribution in [0.3, 0.4) is 0 Å². The molecule has 1 N–H and O–H groups in total. The van der Waals surface area contributed by atoms with E-state index in [-0.39, 0.29) is 10.6 Å². The SMILES string of the molecule is CCCC1(CNCc2cccc([N+](=O)[O-])c2Br)CC1. The van der Waals surface area contributed by atoms with E-state index >= 15 is 0 Å². The lowest BCUT2D eigenvalue weighted by molar-refractivity contribution is -0.385. The third-order valence-electron chi connectivity index (χ3n) is 3.81. The van der Waals surface area contributed by atoms with Gasteiger partial charge in [-0.05, 0) is 46.2 Å². The van der Waals surface area contributed by atoms with Crippen molar-refractivity contribution < 1.29 is 4.92 Å². The smallest absolute Gasteiger partial charge is 0.283 e. The van der Waals surface area contributed by atoms with Crippen LogP contribution in [-0.4, -0.2) is 11.5 Å². The Bertz CT molecular complexity index is 473. The number of rotatable bonds is 7. The van der Waals surface area contributed by atoms with Crippen molar-refractivity contribution in [3.63, 3.8) is 0 Å². The van der Waals surface area contributed by atoms with Gasteiger partial charge in [-0.15, -0.1) is 0 Å². The van der Waals surface area contributed by atoms with Crippen LogP contribution in [0.1, 0.15) is 38.2 Å². The van der Waals surface area contributed by atoms with Gasteiger partial charge >= 0.3 is 0 Å². The molecule has 5 heteroatoms. The highest BCUT2D eigenvalue weighted by atomic mass is 79.9. The summed E-state index contributed by atoms with van der Waals surface area (Å²) in [6, 6.07) is 5.18. The van der Waals surface area contributed by atoms with Gasteiger partial charge in [-0.1, -0.05) is 25.5 Å². The largest absolute Gasteiger partial charge is 0.312 e. The first-order valence-electron chi connectivity index (χ1n) is 6.70. The minimum absolute atomic E-state index is 0.133. The van der Waals surface area contributed by atoms with E-state index in [2.05, 4.69) is 28.2 Å². The third kappa shape index (κ3) is 3.54. The van der Waals surface area contributed by atoms with Crippen LogP contribution >= 0.6 is 15.9 Å². The maximum atomic E-state index is 10.9. The fourth-order valence-corrected chi connectivity index (χ4v) is 3.08. The van der Waals surface area contributed by atoms with Crippen molar-refractivity contribution in [2.45, 2.75) is 39.2 Å². The van der Waals surface area contributed by atoms with Crippen molar-refractivity contribution in [2.24, 2.45) is 5.41 Å². The molecule has 1 aromatic rings. The van der Waals surface area contributed by atoms with E-state index in [0.717, 1.165) is 12.1 Å². The third-order valence-corrected chi connectivity index (χ3v) is 4.72. The molecule has 0 aromatic heterocycles. The summed E-state index contributed by atoms with van der Waals surface area (Å²) < 4.78 is 0.591. The topological polar surface area (TPSA) is 55.2 Å². The molecule has 104 valence electrons. The molecule has 1 aromatic carbocycles. The molecule has 1 fully saturated rings. The first-order valence-corrected chi connectivity index (χ1v) is 7.50.